The molecular weight excluding hydrogens is 298 g/mol. The van der Waals surface area contributed by atoms with Crippen LogP contribution in [0.3, 0.4) is 0 Å². The number of hydrogen-bond donors (Lipinski definition) is 3. The number of aliphatic hydroxyl groups excluding tert-OH is 1. The zero-order valence-electron chi connectivity index (χ0n) is 13.0. The number of rotatable bonds is 3. The van der Waals surface area contributed by atoms with Crippen LogP contribution in [-0.4, -0.2) is 34.9 Å². The number of fused-ring (bicyclic) bond motifs is 1. The molecule has 1 fully saturated rings. The Morgan fingerprint density at radius 3 is 2.64 bits per heavy atom. The molecule has 0 unspecified atom stereocenters. The molecule has 120 valence electrons. The summed E-state index contributed by atoms with van der Waals surface area (Å²) in [6.07, 6.45) is 2.01. The first-order valence-electron chi connectivity index (χ1n) is 7.67. The quantitative estimate of drug-likeness (QED) is 0.756. The van der Waals surface area contributed by atoms with E-state index >= 15 is 0 Å². The van der Waals surface area contributed by atoms with Crippen LogP contribution in [0.1, 0.15) is 32.3 Å². The highest BCUT2D eigenvalue weighted by atomic mass is 32.1. The molecule has 1 aliphatic rings. The molecule has 0 radical (unpaired) electrons. The van der Waals surface area contributed by atoms with Crippen LogP contribution in [-0.2, 0) is 5.60 Å². The van der Waals surface area contributed by atoms with Crippen molar-refractivity contribution >= 4 is 32.4 Å². The van der Waals surface area contributed by atoms with E-state index in [1.165, 1.54) is 0 Å². The number of anilines is 2. The van der Waals surface area contributed by atoms with Gasteiger partial charge in [0.2, 0.25) is 0 Å². The van der Waals surface area contributed by atoms with Crippen LogP contribution < -0.4 is 10.6 Å². The molecule has 22 heavy (non-hydrogen) atoms. The van der Waals surface area contributed by atoms with Gasteiger partial charge in [-0.05, 0) is 44.7 Å². The summed E-state index contributed by atoms with van der Waals surface area (Å²) < 4.78 is 1.05. The lowest BCUT2D eigenvalue weighted by atomic mass is 9.96. The SMILES string of the molecule is CC(C)(O)c1cc2nc(N3CCC(CO)CC3)sc2cc1N. The van der Waals surface area contributed by atoms with Crippen molar-refractivity contribution < 1.29 is 10.2 Å². The van der Waals surface area contributed by atoms with Gasteiger partial charge in [-0.3, -0.25) is 0 Å². The fraction of sp³-hybridized carbons (Fsp3) is 0.562. The van der Waals surface area contributed by atoms with Crippen LogP contribution in [0.25, 0.3) is 10.2 Å². The van der Waals surface area contributed by atoms with Crippen molar-refractivity contribution in [2.45, 2.75) is 32.3 Å². The minimum atomic E-state index is -0.971. The highest BCUT2D eigenvalue weighted by Gasteiger charge is 2.23. The summed E-state index contributed by atoms with van der Waals surface area (Å²) in [5.74, 6) is 0.420. The second kappa shape index (κ2) is 5.68. The third-order valence-electron chi connectivity index (χ3n) is 4.35. The van der Waals surface area contributed by atoms with E-state index in [4.69, 9.17) is 10.7 Å². The third-order valence-corrected chi connectivity index (χ3v) is 5.43. The topological polar surface area (TPSA) is 82.6 Å². The van der Waals surface area contributed by atoms with Crippen LogP contribution in [0.5, 0.6) is 0 Å². The minimum absolute atomic E-state index is 0.277. The lowest BCUT2D eigenvalue weighted by molar-refractivity contribution is 0.0795. The average molecular weight is 321 g/mol. The fourth-order valence-electron chi connectivity index (χ4n) is 2.95. The summed E-state index contributed by atoms with van der Waals surface area (Å²) in [7, 11) is 0. The summed E-state index contributed by atoms with van der Waals surface area (Å²) >= 11 is 1.64. The van der Waals surface area contributed by atoms with E-state index in [9.17, 15) is 10.2 Å². The standard InChI is InChI=1S/C16H23N3O2S/c1-16(2,21)11-7-13-14(8-12(11)17)22-15(18-13)19-5-3-10(9-20)4-6-19/h7-8,10,20-21H,3-6,9,17H2,1-2H3. The van der Waals surface area contributed by atoms with Gasteiger partial charge >= 0.3 is 0 Å². The summed E-state index contributed by atoms with van der Waals surface area (Å²) in [6, 6.07) is 3.80. The summed E-state index contributed by atoms with van der Waals surface area (Å²) in [5.41, 5.74) is 7.31. The van der Waals surface area contributed by atoms with E-state index in [2.05, 4.69) is 4.90 Å². The van der Waals surface area contributed by atoms with Crippen molar-refractivity contribution in [3.8, 4) is 0 Å². The van der Waals surface area contributed by atoms with Crippen LogP contribution in [0.2, 0.25) is 0 Å². The second-order valence-corrected chi connectivity index (χ2v) is 7.58. The van der Waals surface area contributed by atoms with E-state index in [0.29, 0.717) is 11.6 Å². The van der Waals surface area contributed by atoms with Crippen LogP contribution in [0, 0.1) is 5.92 Å². The molecule has 6 heteroatoms. The van der Waals surface area contributed by atoms with Gasteiger partial charge in [-0.15, -0.1) is 0 Å². The molecule has 0 saturated carbocycles. The molecule has 1 aromatic carbocycles. The number of nitrogens with zero attached hydrogens (tertiary/aromatic N) is 2. The van der Waals surface area contributed by atoms with E-state index < -0.39 is 5.60 Å². The Labute approximate surface area is 134 Å². The lowest BCUT2D eigenvalue weighted by Gasteiger charge is -2.30. The van der Waals surface area contributed by atoms with Gasteiger partial charge < -0.3 is 20.8 Å². The molecule has 0 aliphatic carbocycles. The first-order valence-corrected chi connectivity index (χ1v) is 8.49. The monoisotopic (exact) mass is 321 g/mol. The first-order chi connectivity index (χ1) is 10.4. The Morgan fingerprint density at radius 2 is 2.05 bits per heavy atom. The van der Waals surface area contributed by atoms with Crippen molar-refractivity contribution in [2.24, 2.45) is 5.92 Å². The summed E-state index contributed by atoms with van der Waals surface area (Å²) in [6.45, 7) is 5.60. The maximum atomic E-state index is 10.2. The van der Waals surface area contributed by atoms with E-state index in [1.807, 2.05) is 12.1 Å². The largest absolute Gasteiger partial charge is 0.398 e. The van der Waals surface area contributed by atoms with Crippen LogP contribution in [0.15, 0.2) is 12.1 Å². The third kappa shape index (κ3) is 2.91. The highest BCUT2D eigenvalue weighted by Crippen LogP contribution is 2.36. The number of nitrogens with two attached hydrogens (primary N) is 1. The fourth-order valence-corrected chi connectivity index (χ4v) is 4.00. The lowest BCUT2D eigenvalue weighted by Crippen LogP contribution is -2.34. The van der Waals surface area contributed by atoms with Gasteiger partial charge in [-0.25, -0.2) is 4.98 Å². The van der Waals surface area contributed by atoms with Gasteiger partial charge in [-0.1, -0.05) is 11.3 Å². The van der Waals surface area contributed by atoms with Crippen LogP contribution >= 0.6 is 11.3 Å². The van der Waals surface area contributed by atoms with Gasteiger partial charge in [0, 0.05) is 30.9 Å². The average Bonchev–Trinajstić information content (AvgIpc) is 2.88. The molecular formula is C16H23N3O2S. The number of piperidine rings is 1. The Balaban J connectivity index is 1.90. The summed E-state index contributed by atoms with van der Waals surface area (Å²) in [4.78, 5) is 6.99. The number of nitrogen functional groups attached to an aromatic ring is 1. The molecule has 0 amide bonds. The Morgan fingerprint density at radius 1 is 1.36 bits per heavy atom. The molecule has 5 nitrogen and oxygen atoms in total. The molecule has 1 aromatic heterocycles. The maximum Gasteiger partial charge on any atom is 0.186 e. The smallest absolute Gasteiger partial charge is 0.186 e. The Bertz CT molecular complexity index is 670. The van der Waals surface area contributed by atoms with E-state index in [1.54, 1.807) is 25.2 Å². The zero-order chi connectivity index (χ0) is 15.9. The molecule has 0 spiro atoms. The van der Waals surface area contributed by atoms with Gasteiger partial charge in [0.15, 0.2) is 5.13 Å². The molecule has 0 atom stereocenters. The minimum Gasteiger partial charge on any atom is -0.398 e. The van der Waals surface area contributed by atoms with E-state index in [0.717, 1.165) is 46.8 Å². The Hall–Kier alpha value is -1.37. The molecule has 4 N–H and O–H groups in total. The van der Waals surface area contributed by atoms with Crippen molar-refractivity contribution in [1.29, 1.82) is 0 Å². The molecule has 1 saturated heterocycles. The molecule has 3 rings (SSSR count). The second-order valence-electron chi connectivity index (χ2n) is 6.58. The van der Waals surface area contributed by atoms with Gasteiger partial charge in [-0.2, -0.15) is 0 Å². The van der Waals surface area contributed by atoms with Gasteiger partial charge in [0.1, 0.15) is 0 Å². The number of aliphatic hydroxyl groups is 2. The zero-order valence-corrected chi connectivity index (χ0v) is 13.9. The van der Waals surface area contributed by atoms with Crippen molar-refractivity contribution in [1.82, 2.24) is 4.98 Å². The molecule has 2 aromatic rings. The molecule has 2 heterocycles. The van der Waals surface area contributed by atoms with Gasteiger partial charge in [0.25, 0.3) is 0 Å². The predicted molar refractivity (Wildman–Crippen MR) is 91.3 cm³/mol. The number of aromatic nitrogens is 1. The van der Waals surface area contributed by atoms with Crippen molar-refractivity contribution in [3.05, 3.63) is 17.7 Å². The molecule has 0 bridgehead atoms. The maximum absolute atomic E-state index is 10.2. The van der Waals surface area contributed by atoms with Crippen LogP contribution in [0.4, 0.5) is 10.8 Å². The van der Waals surface area contributed by atoms with Crippen molar-refractivity contribution in [3.63, 3.8) is 0 Å². The number of thiazole rings is 1. The normalized spacial score (nSPS) is 17.4. The predicted octanol–water partition coefficient (Wildman–Crippen LogP) is 2.31. The number of benzene rings is 1. The highest BCUT2D eigenvalue weighted by molar-refractivity contribution is 7.22. The van der Waals surface area contributed by atoms with Gasteiger partial charge in [0.05, 0.1) is 15.8 Å². The molecule has 1 aliphatic heterocycles. The van der Waals surface area contributed by atoms with E-state index in [-0.39, 0.29) is 6.61 Å². The first kappa shape index (κ1) is 15.5. The van der Waals surface area contributed by atoms with Crippen molar-refractivity contribution in [2.75, 3.05) is 30.3 Å². The number of hydrogen-bond acceptors (Lipinski definition) is 6. The summed E-state index contributed by atoms with van der Waals surface area (Å²) in [5, 5.41) is 20.4. The Kier molecular flexibility index (Phi) is 4.01.